The number of carbonyl (C=O) groups is 1. The molecular formula is C14H20FN3O3S. The number of nitrogens with two attached hydrogens (primary N) is 1. The number of hydrogen-bond acceptors (Lipinski definition) is 4. The van der Waals surface area contributed by atoms with Gasteiger partial charge in [-0.15, -0.1) is 0 Å². The van der Waals surface area contributed by atoms with Gasteiger partial charge in [-0.25, -0.2) is 17.5 Å². The molecule has 1 aromatic carbocycles. The molecule has 0 radical (unpaired) electrons. The fraction of sp³-hybridized carbons (Fsp3) is 0.500. The summed E-state index contributed by atoms with van der Waals surface area (Å²) in [7, 11) is -3.73. The average molecular weight is 329 g/mol. The lowest BCUT2D eigenvalue weighted by Gasteiger charge is -2.30. The first kappa shape index (κ1) is 16.9. The molecule has 1 aliphatic rings. The Bertz CT molecular complexity index is 619. The second kappa shape index (κ2) is 7.17. The second-order valence-electron chi connectivity index (χ2n) is 5.34. The Labute approximate surface area is 129 Å². The average Bonchev–Trinajstić information content (AvgIpc) is 2.47. The summed E-state index contributed by atoms with van der Waals surface area (Å²) in [6, 6.07) is 4.52. The van der Waals surface area contributed by atoms with E-state index in [1.54, 1.807) is 4.90 Å². The maximum absolute atomic E-state index is 12.8. The standard InChI is InChI=1S/C14H20FN3O3S/c15-11-3-5-13(6-4-11)22(20,21)17-8-7-14(19)18-9-1-2-12(16)10-18/h3-6,12,17H,1-2,7-10,16H2. The first-order valence-electron chi connectivity index (χ1n) is 7.17. The third-order valence-electron chi connectivity index (χ3n) is 3.57. The van der Waals surface area contributed by atoms with Gasteiger partial charge in [-0.2, -0.15) is 0 Å². The predicted molar refractivity (Wildman–Crippen MR) is 80.0 cm³/mol. The molecule has 0 aromatic heterocycles. The van der Waals surface area contributed by atoms with E-state index in [0.29, 0.717) is 13.1 Å². The van der Waals surface area contributed by atoms with Crippen LogP contribution < -0.4 is 10.5 Å². The van der Waals surface area contributed by atoms with E-state index in [-0.39, 0.29) is 29.8 Å². The molecule has 1 unspecified atom stereocenters. The molecule has 1 aromatic rings. The number of likely N-dealkylation sites (tertiary alicyclic amines) is 1. The van der Waals surface area contributed by atoms with E-state index in [1.807, 2.05) is 0 Å². The molecule has 1 saturated heterocycles. The number of rotatable bonds is 5. The maximum Gasteiger partial charge on any atom is 0.240 e. The van der Waals surface area contributed by atoms with Crippen molar-refractivity contribution in [2.75, 3.05) is 19.6 Å². The summed E-state index contributed by atoms with van der Waals surface area (Å²) in [5.41, 5.74) is 5.81. The lowest BCUT2D eigenvalue weighted by molar-refractivity contribution is -0.132. The number of piperidine rings is 1. The van der Waals surface area contributed by atoms with Crippen molar-refractivity contribution < 1.29 is 17.6 Å². The van der Waals surface area contributed by atoms with Gasteiger partial charge in [0, 0.05) is 32.1 Å². The van der Waals surface area contributed by atoms with Crippen molar-refractivity contribution in [3.63, 3.8) is 0 Å². The lowest BCUT2D eigenvalue weighted by Crippen LogP contribution is -2.46. The Morgan fingerprint density at radius 1 is 1.36 bits per heavy atom. The van der Waals surface area contributed by atoms with Crippen molar-refractivity contribution in [1.82, 2.24) is 9.62 Å². The van der Waals surface area contributed by atoms with Gasteiger partial charge in [-0.3, -0.25) is 4.79 Å². The van der Waals surface area contributed by atoms with Gasteiger partial charge in [0.05, 0.1) is 4.90 Å². The van der Waals surface area contributed by atoms with Crippen LogP contribution in [0.5, 0.6) is 0 Å². The highest BCUT2D eigenvalue weighted by atomic mass is 32.2. The maximum atomic E-state index is 12.8. The minimum Gasteiger partial charge on any atom is -0.341 e. The van der Waals surface area contributed by atoms with Crippen LogP contribution in [0.2, 0.25) is 0 Å². The Hall–Kier alpha value is -1.51. The normalized spacial score (nSPS) is 19.2. The lowest BCUT2D eigenvalue weighted by atomic mass is 10.1. The SMILES string of the molecule is NC1CCCN(C(=O)CCNS(=O)(=O)c2ccc(F)cc2)C1. The summed E-state index contributed by atoms with van der Waals surface area (Å²) in [5, 5.41) is 0. The number of nitrogens with zero attached hydrogens (tertiary/aromatic N) is 1. The summed E-state index contributed by atoms with van der Waals surface area (Å²) >= 11 is 0. The Morgan fingerprint density at radius 3 is 2.68 bits per heavy atom. The van der Waals surface area contributed by atoms with Crippen LogP contribution in [0.15, 0.2) is 29.2 Å². The number of sulfonamides is 1. The van der Waals surface area contributed by atoms with Gasteiger partial charge in [0.15, 0.2) is 0 Å². The number of amides is 1. The van der Waals surface area contributed by atoms with Crippen molar-refractivity contribution in [3.05, 3.63) is 30.1 Å². The first-order valence-corrected chi connectivity index (χ1v) is 8.65. The molecule has 1 atom stereocenters. The van der Waals surface area contributed by atoms with Crippen LogP contribution in [0.25, 0.3) is 0 Å². The predicted octanol–water partition coefficient (Wildman–Crippen LogP) is 0.444. The van der Waals surface area contributed by atoms with E-state index < -0.39 is 15.8 Å². The van der Waals surface area contributed by atoms with E-state index >= 15 is 0 Å². The fourth-order valence-corrected chi connectivity index (χ4v) is 3.42. The Balaban J connectivity index is 1.84. The smallest absolute Gasteiger partial charge is 0.240 e. The molecule has 8 heteroatoms. The number of benzene rings is 1. The zero-order valence-electron chi connectivity index (χ0n) is 12.2. The highest BCUT2D eigenvalue weighted by Gasteiger charge is 2.21. The highest BCUT2D eigenvalue weighted by Crippen LogP contribution is 2.11. The quantitative estimate of drug-likeness (QED) is 0.820. The molecule has 3 N–H and O–H groups in total. The molecule has 0 bridgehead atoms. The van der Waals surface area contributed by atoms with E-state index in [2.05, 4.69) is 4.72 Å². The summed E-state index contributed by atoms with van der Waals surface area (Å²) < 4.78 is 39.1. The molecular weight excluding hydrogens is 309 g/mol. The van der Waals surface area contributed by atoms with Crippen molar-refractivity contribution in [3.8, 4) is 0 Å². The largest absolute Gasteiger partial charge is 0.341 e. The molecule has 1 heterocycles. The fourth-order valence-electron chi connectivity index (χ4n) is 2.38. The van der Waals surface area contributed by atoms with Gasteiger partial charge in [0.2, 0.25) is 15.9 Å². The van der Waals surface area contributed by atoms with Gasteiger partial charge in [-0.1, -0.05) is 0 Å². The highest BCUT2D eigenvalue weighted by molar-refractivity contribution is 7.89. The monoisotopic (exact) mass is 329 g/mol. The minimum absolute atomic E-state index is 0.00425. The van der Waals surface area contributed by atoms with Crippen LogP contribution in [0.4, 0.5) is 4.39 Å². The molecule has 6 nitrogen and oxygen atoms in total. The summed E-state index contributed by atoms with van der Waals surface area (Å²) in [5.74, 6) is -0.618. The van der Waals surface area contributed by atoms with E-state index in [9.17, 15) is 17.6 Å². The Morgan fingerprint density at radius 2 is 2.05 bits per heavy atom. The van der Waals surface area contributed by atoms with Crippen LogP contribution in [0.3, 0.4) is 0 Å². The van der Waals surface area contributed by atoms with Crippen molar-refractivity contribution in [2.24, 2.45) is 5.73 Å². The number of hydrogen-bond donors (Lipinski definition) is 2. The zero-order chi connectivity index (χ0) is 16.2. The van der Waals surface area contributed by atoms with Gasteiger partial charge < -0.3 is 10.6 Å². The molecule has 122 valence electrons. The summed E-state index contributed by atoms with van der Waals surface area (Å²) in [6.45, 7) is 1.19. The van der Waals surface area contributed by atoms with Crippen LogP contribution in [0.1, 0.15) is 19.3 Å². The topological polar surface area (TPSA) is 92.5 Å². The van der Waals surface area contributed by atoms with Crippen molar-refractivity contribution in [2.45, 2.75) is 30.2 Å². The first-order chi connectivity index (χ1) is 10.4. The van der Waals surface area contributed by atoms with Crippen molar-refractivity contribution in [1.29, 1.82) is 0 Å². The van der Waals surface area contributed by atoms with Crippen LogP contribution >= 0.6 is 0 Å². The molecule has 1 amide bonds. The third kappa shape index (κ3) is 4.49. The summed E-state index contributed by atoms with van der Waals surface area (Å²) in [4.78, 5) is 13.6. The van der Waals surface area contributed by atoms with Gasteiger partial charge in [0.1, 0.15) is 5.82 Å². The zero-order valence-corrected chi connectivity index (χ0v) is 13.0. The van der Waals surface area contributed by atoms with Gasteiger partial charge >= 0.3 is 0 Å². The number of carbonyl (C=O) groups excluding carboxylic acids is 1. The van der Waals surface area contributed by atoms with E-state index in [4.69, 9.17) is 5.73 Å². The molecule has 22 heavy (non-hydrogen) atoms. The van der Waals surface area contributed by atoms with Crippen LogP contribution in [0, 0.1) is 5.82 Å². The molecule has 1 aliphatic heterocycles. The number of nitrogens with one attached hydrogen (secondary N) is 1. The van der Waals surface area contributed by atoms with Gasteiger partial charge in [-0.05, 0) is 37.1 Å². The number of halogens is 1. The third-order valence-corrected chi connectivity index (χ3v) is 5.04. The molecule has 0 spiro atoms. The second-order valence-corrected chi connectivity index (χ2v) is 7.11. The van der Waals surface area contributed by atoms with E-state index in [0.717, 1.165) is 25.0 Å². The van der Waals surface area contributed by atoms with Crippen LogP contribution in [-0.2, 0) is 14.8 Å². The van der Waals surface area contributed by atoms with E-state index in [1.165, 1.54) is 12.1 Å². The van der Waals surface area contributed by atoms with Gasteiger partial charge in [0.25, 0.3) is 0 Å². The van der Waals surface area contributed by atoms with Crippen LogP contribution in [-0.4, -0.2) is 44.9 Å². The molecule has 0 aliphatic carbocycles. The summed E-state index contributed by atoms with van der Waals surface area (Å²) in [6.07, 6.45) is 1.85. The molecule has 1 fully saturated rings. The molecule has 0 saturated carbocycles. The Kier molecular flexibility index (Phi) is 5.49. The molecule has 2 rings (SSSR count). The van der Waals surface area contributed by atoms with Crippen molar-refractivity contribution >= 4 is 15.9 Å². The minimum atomic E-state index is -3.73.